The van der Waals surface area contributed by atoms with Crippen LogP contribution in [0.25, 0.3) is 27.5 Å². The first-order chi connectivity index (χ1) is 10.7. The van der Waals surface area contributed by atoms with E-state index in [9.17, 15) is 4.79 Å². The molecule has 0 bridgehead atoms. The van der Waals surface area contributed by atoms with Crippen molar-refractivity contribution in [2.75, 3.05) is 0 Å². The van der Waals surface area contributed by atoms with Crippen LogP contribution in [0.15, 0.2) is 41.6 Å². The Labute approximate surface area is 125 Å². The maximum Gasteiger partial charge on any atom is 0.256 e. The van der Waals surface area contributed by atoms with Crippen LogP contribution in [0.1, 0.15) is 11.1 Å². The Morgan fingerprint density at radius 2 is 2.09 bits per heavy atom. The van der Waals surface area contributed by atoms with E-state index in [1.807, 2.05) is 32.0 Å². The molecule has 1 aromatic carbocycles. The Balaban J connectivity index is 2.12. The first-order valence-corrected chi connectivity index (χ1v) is 6.94. The van der Waals surface area contributed by atoms with Crippen LogP contribution < -0.4 is 5.56 Å². The molecule has 0 unspecified atom stereocenters. The molecule has 0 radical (unpaired) electrons. The second-order valence-corrected chi connectivity index (χ2v) is 5.30. The highest BCUT2D eigenvalue weighted by molar-refractivity contribution is 5.91. The number of nitrogens with one attached hydrogen (secondary N) is 1. The monoisotopic (exact) mass is 291 g/mol. The van der Waals surface area contributed by atoms with Crippen LogP contribution in [0.5, 0.6) is 0 Å². The summed E-state index contributed by atoms with van der Waals surface area (Å²) in [5, 5.41) is 10.0. The van der Waals surface area contributed by atoms with Crippen LogP contribution in [0.2, 0.25) is 0 Å². The summed E-state index contributed by atoms with van der Waals surface area (Å²) >= 11 is 0. The van der Waals surface area contributed by atoms with Gasteiger partial charge in [-0.15, -0.1) is 5.10 Å². The highest BCUT2D eigenvalue weighted by atomic mass is 16.1. The average Bonchev–Trinajstić information content (AvgIpc) is 2.94. The normalized spacial score (nSPS) is 11.4. The molecule has 108 valence electrons. The minimum absolute atomic E-state index is 0.0719. The summed E-state index contributed by atoms with van der Waals surface area (Å²) in [5.41, 5.74) is 4.39. The van der Waals surface area contributed by atoms with Crippen molar-refractivity contribution in [1.82, 2.24) is 25.0 Å². The van der Waals surface area contributed by atoms with Gasteiger partial charge in [-0.3, -0.25) is 9.78 Å². The van der Waals surface area contributed by atoms with Gasteiger partial charge in [0.15, 0.2) is 0 Å². The number of H-pyrrole nitrogens is 1. The van der Waals surface area contributed by atoms with Gasteiger partial charge < -0.3 is 4.98 Å². The van der Waals surface area contributed by atoms with E-state index in [4.69, 9.17) is 0 Å². The maximum atomic E-state index is 12.1. The highest BCUT2D eigenvalue weighted by Crippen LogP contribution is 2.26. The van der Waals surface area contributed by atoms with Gasteiger partial charge in [-0.05, 0) is 48.6 Å². The third-order valence-electron chi connectivity index (χ3n) is 3.97. The van der Waals surface area contributed by atoms with Crippen LogP contribution in [0.3, 0.4) is 0 Å². The molecule has 0 atom stereocenters. The van der Waals surface area contributed by atoms with Crippen molar-refractivity contribution in [3.63, 3.8) is 0 Å². The molecule has 0 aliphatic heterocycles. The number of aromatic nitrogens is 5. The molecular weight excluding hydrogens is 278 g/mol. The van der Waals surface area contributed by atoms with Crippen LogP contribution in [0, 0.1) is 13.8 Å². The van der Waals surface area contributed by atoms with Crippen LogP contribution in [-0.4, -0.2) is 25.0 Å². The van der Waals surface area contributed by atoms with Gasteiger partial charge in [0, 0.05) is 12.4 Å². The Bertz CT molecular complexity index is 1080. The summed E-state index contributed by atoms with van der Waals surface area (Å²) in [6.07, 6.45) is 5.08. The number of nitrogens with zero attached hydrogens (tertiary/aromatic N) is 4. The maximum absolute atomic E-state index is 12.1. The predicted octanol–water partition coefficient (Wildman–Crippen LogP) is 2.27. The summed E-state index contributed by atoms with van der Waals surface area (Å²) in [6, 6.07) is 5.77. The standard InChI is InChI=1S/C16H13N5O/c1-9-7-14(10(2)11-3-6-18-16(22)15(9)11)21-13-4-5-17-8-12(13)19-20-21/h3-8H,1-2H3,(H,18,22). The van der Waals surface area contributed by atoms with Crippen molar-refractivity contribution in [1.29, 1.82) is 0 Å². The van der Waals surface area contributed by atoms with E-state index in [1.165, 1.54) is 0 Å². The molecule has 22 heavy (non-hydrogen) atoms. The van der Waals surface area contributed by atoms with Crippen molar-refractivity contribution >= 4 is 21.8 Å². The van der Waals surface area contributed by atoms with Gasteiger partial charge >= 0.3 is 0 Å². The van der Waals surface area contributed by atoms with Crippen molar-refractivity contribution < 1.29 is 0 Å². The zero-order chi connectivity index (χ0) is 15.3. The molecule has 0 saturated heterocycles. The molecule has 0 aliphatic rings. The lowest BCUT2D eigenvalue weighted by Crippen LogP contribution is -2.09. The fraction of sp³-hybridized carbons (Fsp3) is 0.125. The van der Waals surface area contributed by atoms with E-state index in [1.54, 1.807) is 23.3 Å². The van der Waals surface area contributed by atoms with E-state index >= 15 is 0 Å². The Kier molecular flexibility index (Phi) is 2.59. The zero-order valence-corrected chi connectivity index (χ0v) is 12.2. The van der Waals surface area contributed by atoms with E-state index in [-0.39, 0.29) is 5.56 Å². The molecule has 6 nitrogen and oxygen atoms in total. The third-order valence-corrected chi connectivity index (χ3v) is 3.97. The van der Waals surface area contributed by atoms with Gasteiger partial charge in [-0.2, -0.15) is 0 Å². The number of fused-ring (bicyclic) bond motifs is 2. The largest absolute Gasteiger partial charge is 0.329 e. The van der Waals surface area contributed by atoms with E-state index in [0.29, 0.717) is 0 Å². The number of hydrogen-bond donors (Lipinski definition) is 1. The fourth-order valence-electron chi connectivity index (χ4n) is 2.88. The summed E-state index contributed by atoms with van der Waals surface area (Å²) in [4.78, 5) is 18.9. The van der Waals surface area contributed by atoms with Crippen LogP contribution in [-0.2, 0) is 0 Å². The number of pyridine rings is 2. The van der Waals surface area contributed by atoms with Gasteiger partial charge in [0.1, 0.15) is 5.52 Å². The molecule has 0 amide bonds. The van der Waals surface area contributed by atoms with E-state index in [2.05, 4.69) is 20.3 Å². The predicted molar refractivity (Wildman–Crippen MR) is 84.3 cm³/mol. The van der Waals surface area contributed by atoms with Crippen molar-refractivity contribution in [3.8, 4) is 5.69 Å². The number of benzene rings is 1. The zero-order valence-electron chi connectivity index (χ0n) is 12.2. The highest BCUT2D eigenvalue weighted by Gasteiger charge is 2.14. The minimum atomic E-state index is -0.0719. The van der Waals surface area contributed by atoms with Gasteiger partial charge in [0.05, 0.1) is 22.8 Å². The molecule has 0 spiro atoms. The first-order valence-electron chi connectivity index (χ1n) is 6.94. The molecule has 0 saturated carbocycles. The van der Waals surface area contributed by atoms with Crippen LogP contribution in [0.4, 0.5) is 0 Å². The fourth-order valence-corrected chi connectivity index (χ4v) is 2.88. The Hall–Kier alpha value is -3.02. The second kappa shape index (κ2) is 4.49. The SMILES string of the molecule is Cc1c(-n2nnc3cnccc32)cc(C)c2c(=O)[nH]ccc12. The Morgan fingerprint density at radius 1 is 1.23 bits per heavy atom. The minimum Gasteiger partial charge on any atom is -0.329 e. The van der Waals surface area contributed by atoms with Crippen LogP contribution >= 0.6 is 0 Å². The summed E-state index contributed by atoms with van der Waals surface area (Å²) < 4.78 is 1.79. The van der Waals surface area contributed by atoms with Gasteiger partial charge in [-0.1, -0.05) is 5.21 Å². The quantitative estimate of drug-likeness (QED) is 0.583. The molecule has 3 heterocycles. The molecule has 1 N–H and O–H groups in total. The number of aryl methyl sites for hydroxylation is 2. The third kappa shape index (κ3) is 1.67. The van der Waals surface area contributed by atoms with Crippen molar-refractivity contribution in [3.05, 3.63) is 58.3 Å². The lowest BCUT2D eigenvalue weighted by molar-refractivity contribution is 0.819. The first kappa shape index (κ1) is 12.7. The van der Waals surface area contributed by atoms with E-state index < -0.39 is 0 Å². The van der Waals surface area contributed by atoms with Gasteiger partial charge in [0.2, 0.25) is 0 Å². The second-order valence-electron chi connectivity index (χ2n) is 5.30. The molecule has 4 aromatic rings. The van der Waals surface area contributed by atoms with Crippen molar-refractivity contribution in [2.24, 2.45) is 0 Å². The topological polar surface area (TPSA) is 76.5 Å². The molecule has 4 rings (SSSR count). The molecule has 3 aromatic heterocycles. The average molecular weight is 291 g/mol. The Morgan fingerprint density at radius 3 is 2.95 bits per heavy atom. The lowest BCUT2D eigenvalue weighted by atomic mass is 10.0. The van der Waals surface area contributed by atoms with Gasteiger partial charge in [-0.25, -0.2) is 4.68 Å². The summed E-state index contributed by atoms with van der Waals surface area (Å²) in [6.45, 7) is 3.92. The molecular formula is C16H13N5O. The van der Waals surface area contributed by atoms with Crippen molar-refractivity contribution in [2.45, 2.75) is 13.8 Å². The number of rotatable bonds is 1. The lowest BCUT2D eigenvalue weighted by Gasteiger charge is -2.11. The summed E-state index contributed by atoms with van der Waals surface area (Å²) in [5.74, 6) is 0. The number of hydrogen-bond acceptors (Lipinski definition) is 4. The number of aromatic amines is 1. The molecule has 0 aliphatic carbocycles. The summed E-state index contributed by atoms with van der Waals surface area (Å²) in [7, 11) is 0. The van der Waals surface area contributed by atoms with Gasteiger partial charge in [0.25, 0.3) is 5.56 Å². The van der Waals surface area contributed by atoms with E-state index in [0.717, 1.165) is 38.6 Å². The molecule has 6 heteroatoms. The molecule has 0 fully saturated rings. The smallest absolute Gasteiger partial charge is 0.256 e.